The molecule has 0 amide bonds. The fourth-order valence-corrected chi connectivity index (χ4v) is 13.2. The number of aliphatic hydroxyl groups excluding tert-OH is 3. The summed E-state index contributed by atoms with van der Waals surface area (Å²) >= 11 is 0. The van der Waals surface area contributed by atoms with Gasteiger partial charge in [-0.3, -0.25) is 9.69 Å². The van der Waals surface area contributed by atoms with Crippen molar-refractivity contribution in [1.29, 1.82) is 0 Å². The van der Waals surface area contributed by atoms with E-state index in [2.05, 4.69) is 31.7 Å². The maximum Gasteiger partial charge on any atom is 0.312 e. The molecule has 0 radical (unpaired) electrons. The zero-order chi connectivity index (χ0) is 33.4. The predicted molar refractivity (Wildman–Crippen MR) is 179 cm³/mol. The molecule has 14 atom stereocenters. The molecule has 8 nitrogen and oxygen atoms in total. The fourth-order valence-electron chi connectivity index (χ4n) is 13.2. The quantitative estimate of drug-likeness (QED) is 0.236. The largest absolute Gasteiger partial charge is 0.464 e. The van der Waals surface area contributed by atoms with Crippen molar-refractivity contribution >= 4 is 5.97 Å². The zero-order valence-electron chi connectivity index (χ0n) is 29.5. The molecule has 7 aliphatic rings. The van der Waals surface area contributed by atoms with Crippen LogP contribution in [0.5, 0.6) is 0 Å². The average molecular weight is 658 g/mol. The molecule has 2 aliphatic heterocycles. The molecular weight excluding hydrogens is 594 g/mol. The number of piperidine rings is 1. The van der Waals surface area contributed by atoms with Crippen molar-refractivity contribution < 1.29 is 34.7 Å². The van der Waals surface area contributed by atoms with E-state index in [9.17, 15) is 25.2 Å². The van der Waals surface area contributed by atoms with Gasteiger partial charge in [0.1, 0.15) is 24.9 Å². The first-order chi connectivity index (χ1) is 22.4. The summed E-state index contributed by atoms with van der Waals surface area (Å²) in [5.41, 5.74) is 0.123. The van der Waals surface area contributed by atoms with Gasteiger partial charge in [-0.2, -0.15) is 0 Å². The van der Waals surface area contributed by atoms with Crippen LogP contribution in [0.3, 0.4) is 0 Å². The molecule has 2 heterocycles. The summed E-state index contributed by atoms with van der Waals surface area (Å²) in [7, 11) is 0. The van der Waals surface area contributed by atoms with Gasteiger partial charge >= 0.3 is 5.97 Å². The number of hydrogen-bond donors (Lipinski definition) is 4. The molecule has 0 spiro atoms. The van der Waals surface area contributed by atoms with Crippen molar-refractivity contribution in [2.24, 2.45) is 51.8 Å². The molecule has 6 fully saturated rings. The standard InChI is InChI=1S/C39H63NO7/c1-24-10-16-39(35(44)46-21-20-40-18-6-5-7-19-40)17-12-26-25(28(39)22-24)8-9-30-36(26,2)15-13-31-37(30,3)14-11-27(38(31,4)45)34-33(43)32(42)29(23-41)47-34/h8,24,26-34,41-43,45H,5-7,9-23H2,1-4H3/t24?,26?,27?,28?,29?,30?,31?,32?,33?,34?,36?,37?,38-,39?/m1/s1. The van der Waals surface area contributed by atoms with Crippen molar-refractivity contribution in [1.82, 2.24) is 4.90 Å². The number of carbonyl (C=O) groups excluding carboxylic acids is 1. The van der Waals surface area contributed by atoms with Gasteiger partial charge in [0.25, 0.3) is 0 Å². The molecule has 4 N–H and O–H groups in total. The third-order valence-corrected chi connectivity index (χ3v) is 15.7. The van der Waals surface area contributed by atoms with Crippen LogP contribution < -0.4 is 0 Å². The van der Waals surface area contributed by atoms with Gasteiger partial charge in [-0.25, -0.2) is 0 Å². The highest BCUT2D eigenvalue weighted by atomic mass is 16.6. The van der Waals surface area contributed by atoms with Crippen molar-refractivity contribution in [3.63, 3.8) is 0 Å². The Morgan fingerprint density at radius 3 is 2.38 bits per heavy atom. The Kier molecular flexibility index (Phi) is 9.25. The van der Waals surface area contributed by atoms with Gasteiger partial charge in [0.2, 0.25) is 0 Å². The third kappa shape index (κ3) is 5.40. The van der Waals surface area contributed by atoms with E-state index in [0.29, 0.717) is 30.8 Å². The van der Waals surface area contributed by atoms with Gasteiger partial charge in [-0.05, 0) is 137 Å². The first-order valence-corrected chi connectivity index (χ1v) is 19.3. The second-order valence-corrected chi connectivity index (χ2v) is 18.0. The van der Waals surface area contributed by atoms with Crippen LogP contribution in [0.15, 0.2) is 11.6 Å². The molecule has 5 aliphatic carbocycles. The Labute approximate surface area is 282 Å². The first-order valence-electron chi connectivity index (χ1n) is 19.3. The Morgan fingerprint density at radius 1 is 0.936 bits per heavy atom. The highest BCUT2D eigenvalue weighted by molar-refractivity contribution is 5.78. The number of fused-ring (bicyclic) bond motifs is 7. The molecule has 8 heteroatoms. The van der Waals surface area contributed by atoms with E-state index < -0.39 is 30.0 Å². The van der Waals surface area contributed by atoms with Gasteiger partial charge in [0, 0.05) is 12.5 Å². The van der Waals surface area contributed by atoms with E-state index in [4.69, 9.17) is 9.47 Å². The molecule has 0 aromatic carbocycles. The second-order valence-electron chi connectivity index (χ2n) is 18.0. The number of rotatable bonds is 6. The van der Waals surface area contributed by atoms with Crippen molar-refractivity contribution in [3.05, 3.63) is 11.6 Å². The van der Waals surface area contributed by atoms with Gasteiger partial charge in [-0.1, -0.05) is 38.8 Å². The van der Waals surface area contributed by atoms with Crippen molar-refractivity contribution in [2.75, 3.05) is 32.8 Å². The van der Waals surface area contributed by atoms with Crippen molar-refractivity contribution in [3.8, 4) is 0 Å². The van der Waals surface area contributed by atoms with Crippen LogP contribution in [0.25, 0.3) is 0 Å². The number of nitrogens with zero attached hydrogens (tertiary/aromatic N) is 1. The highest BCUT2D eigenvalue weighted by Gasteiger charge is 2.67. The number of esters is 1. The maximum atomic E-state index is 14.1. The maximum absolute atomic E-state index is 14.1. The Balaban J connectivity index is 1.11. The lowest BCUT2D eigenvalue weighted by atomic mass is 9.37. The van der Waals surface area contributed by atoms with Crippen LogP contribution in [0.2, 0.25) is 0 Å². The Bertz CT molecular complexity index is 1200. The molecular formula is C39H63NO7. The summed E-state index contributed by atoms with van der Waals surface area (Å²) in [6.07, 6.45) is 12.3. The smallest absolute Gasteiger partial charge is 0.312 e. The molecule has 13 unspecified atom stereocenters. The van der Waals surface area contributed by atoms with Crippen LogP contribution in [-0.2, 0) is 14.3 Å². The summed E-state index contributed by atoms with van der Waals surface area (Å²) in [6.45, 7) is 12.5. The van der Waals surface area contributed by atoms with Gasteiger partial charge in [0.15, 0.2) is 0 Å². The number of ether oxygens (including phenoxy) is 2. The number of allylic oxidation sites excluding steroid dienone is 2. The minimum atomic E-state index is -1.14. The van der Waals surface area contributed by atoms with E-state index in [0.717, 1.165) is 77.4 Å². The zero-order valence-corrected chi connectivity index (χ0v) is 29.5. The van der Waals surface area contributed by atoms with Gasteiger partial charge in [0.05, 0.1) is 23.7 Å². The lowest BCUT2D eigenvalue weighted by Gasteiger charge is -2.68. The lowest BCUT2D eigenvalue weighted by molar-refractivity contribution is -0.229. The number of hydrogen-bond acceptors (Lipinski definition) is 8. The molecule has 47 heavy (non-hydrogen) atoms. The molecule has 0 aromatic rings. The topological polar surface area (TPSA) is 120 Å². The van der Waals surface area contributed by atoms with Gasteiger partial charge in [-0.15, -0.1) is 0 Å². The normalized spacial score (nSPS) is 51.6. The lowest BCUT2D eigenvalue weighted by Crippen LogP contribution is -2.65. The Hall–Kier alpha value is -1.03. The molecule has 0 aromatic heterocycles. The first kappa shape index (κ1) is 34.4. The minimum Gasteiger partial charge on any atom is -0.464 e. The number of carbonyl (C=O) groups is 1. The molecule has 2 saturated heterocycles. The molecule has 266 valence electrons. The molecule has 7 rings (SSSR count). The van der Waals surface area contributed by atoms with Crippen LogP contribution in [0.4, 0.5) is 0 Å². The SMILES string of the molecule is CC1CCC2(C(=O)OCCN3CCCCC3)CCC3C(=CCC4C3(C)CCC3C4(C)CCC(C4OC(CO)C(O)C4O)[C@@]3(C)O)C2C1. The summed E-state index contributed by atoms with van der Waals surface area (Å²) in [4.78, 5) is 16.6. The summed E-state index contributed by atoms with van der Waals surface area (Å²) in [5, 5.41) is 43.5. The van der Waals surface area contributed by atoms with E-state index in [1.165, 1.54) is 19.3 Å². The third-order valence-electron chi connectivity index (χ3n) is 15.7. The molecule has 4 saturated carbocycles. The van der Waals surface area contributed by atoms with Gasteiger partial charge < -0.3 is 29.9 Å². The summed E-state index contributed by atoms with van der Waals surface area (Å²) < 4.78 is 12.2. The Morgan fingerprint density at radius 2 is 1.66 bits per heavy atom. The fraction of sp³-hybridized carbons (Fsp3) is 0.923. The van der Waals surface area contributed by atoms with Crippen LogP contribution in [0, 0.1) is 51.8 Å². The van der Waals surface area contributed by atoms with E-state index in [1.807, 2.05) is 6.92 Å². The van der Waals surface area contributed by atoms with E-state index in [1.54, 1.807) is 5.57 Å². The van der Waals surface area contributed by atoms with Crippen LogP contribution in [0.1, 0.15) is 111 Å². The van der Waals surface area contributed by atoms with Crippen molar-refractivity contribution in [2.45, 2.75) is 141 Å². The summed E-state index contributed by atoms with van der Waals surface area (Å²) in [6, 6.07) is 0. The van der Waals surface area contributed by atoms with Crippen LogP contribution in [-0.4, -0.2) is 94.2 Å². The van der Waals surface area contributed by atoms with E-state index in [-0.39, 0.29) is 46.6 Å². The second kappa shape index (κ2) is 12.6. The van der Waals surface area contributed by atoms with Crippen LogP contribution >= 0.6 is 0 Å². The monoisotopic (exact) mass is 657 g/mol. The summed E-state index contributed by atoms with van der Waals surface area (Å²) in [5.74, 6) is 1.55. The predicted octanol–water partition coefficient (Wildman–Crippen LogP) is 4.86. The number of likely N-dealkylation sites (tertiary alicyclic amines) is 1. The minimum absolute atomic E-state index is 0.0511. The average Bonchev–Trinajstić information content (AvgIpc) is 3.33. The highest BCUT2D eigenvalue weighted by Crippen LogP contribution is 2.71. The molecule has 0 bridgehead atoms. The van der Waals surface area contributed by atoms with E-state index >= 15 is 0 Å². The number of aliphatic hydroxyl groups is 4.